The number of likely N-dealkylation sites (N-methyl/N-ethyl adjacent to an activating group) is 1. The van der Waals surface area contributed by atoms with Crippen molar-refractivity contribution in [2.75, 3.05) is 26.7 Å². The molecule has 1 rings (SSSR count). The molecule has 2 atom stereocenters. The van der Waals surface area contributed by atoms with E-state index >= 15 is 0 Å². The quantitative estimate of drug-likeness (QED) is 0.686. The Balaban J connectivity index is 2.44. The molecule has 1 aliphatic rings. The molecular weight excluding hydrogens is 240 g/mol. The van der Waals surface area contributed by atoms with Crippen LogP contribution < -0.4 is 5.32 Å². The smallest absolute Gasteiger partial charge is 0.322 e. The summed E-state index contributed by atoms with van der Waals surface area (Å²) in [5, 5.41) is 3.22. The number of nitrogens with one attached hydrogen (secondary N) is 1. The SMILES string of the molecule is CCCC1CCCCN1CCC(NCC)C(=O)OC. The topological polar surface area (TPSA) is 41.6 Å². The van der Waals surface area contributed by atoms with Crippen molar-refractivity contribution < 1.29 is 9.53 Å². The van der Waals surface area contributed by atoms with Gasteiger partial charge in [-0.15, -0.1) is 0 Å². The Morgan fingerprint density at radius 1 is 1.42 bits per heavy atom. The van der Waals surface area contributed by atoms with Gasteiger partial charge in [-0.05, 0) is 38.8 Å². The fourth-order valence-electron chi connectivity index (χ4n) is 3.00. The first-order valence-electron chi connectivity index (χ1n) is 7.78. The van der Waals surface area contributed by atoms with Gasteiger partial charge in [0.05, 0.1) is 7.11 Å². The zero-order chi connectivity index (χ0) is 14.1. The largest absolute Gasteiger partial charge is 0.468 e. The van der Waals surface area contributed by atoms with Crippen LogP contribution in [0, 0.1) is 0 Å². The zero-order valence-electron chi connectivity index (χ0n) is 12.8. The van der Waals surface area contributed by atoms with Gasteiger partial charge in [0.25, 0.3) is 0 Å². The van der Waals surface area contributed by atoms with Crippen LogP contribution in [-0.2, 0) is 9.53 Å². The number of likely N-dealkylation sites (tertiary alicyclic amines) is 1. The maximum absolute atomic E-state index is 11.7. The van der Waals surface area contributed by atoms with E-state index < -0.39 is 0 Å². The summed E-state index contributed by atoms with van der Waals surface area (Å²) in [5.74, 6) is -0.133. The Morgan fingerprint density at radius 2 is 2.21 bits per heavy atom. The second kappa shape index (κ2) is 9.32. The van der Waals surface area contributed by atoms with Crippen molar-refractivity contribution in [2.45, 2.75) is 64.5 Å². The van der Waals surface area contributed by atoms with Crippen LogP contribution in [0.5, 0.6) is 0 Å². The molecule has 4 nitrogen and oxygen atoms in total. The molecule has 2 unspecified atom stereocenters. The molecule has 1 N–H and O–H groups in total. The molecule has 0 aromatic heterocycles. The molecular formula is C15H30N2O2. The van der Waals surface area contributed by atoms with Gasteiger partial charge in [-0.2, -0.15) is 0 Å². The number of esters is 1. The van der Waals surface area contributed by atoms with Crippen molar-refractivity contribution in [3.05, 3.63) is 0 Å². The molecule has 4 heteroatoms. The number of methoxy groups -OCH3 is 1. The highest BCUT2D eigenvalue weighted by atomic mass is 16.5. The predicted molar refractivity (Wildman–Crippen MR) is 78.2 cm³/mol. The molecule has 0 aromatic carbocycles. The van der Waals surface area contributed by atoms with E-state index in [1.807, 2.05) is 6.92 Å². The number of nitrogens with zero attached hydrogens (tertiary/aromatic N) is 1. The Kier molecular flexibility index (Phi) is 8.07. The Labute approximate surface area is 117 Å². The lowest BCUT2D eigenvalue weighted by Crippen LogP contribution is -2.44. The van der Waals surface area contributed by atoms with Crippen molar-refractivity contribution in [3.8, 4) is 0 Å². The lowest BCUT2D eigenvalue weighted by Gasteiger charge is -2.36. The van der Waals surface area contributed by atoms with Gasteiger partial charge in [0.2, 0.25) is 0 Å². The fourth-order valence-corrected chi connectivity index (χ4v) is 3.00. The van der Waals surface area contributed by atoms with Gasteiger partial charge >= 0.3 is 5.97 Å². The molecule has 1 heterocycles. The molecule has 1 fully saturated rings. The van der Waals surface area contributed by atoms with Crippen molar-refractivity contribution in [1.29, 1.82) is 0 Å². The lowest BCUT2D eigenvalue weighted by molar-refractivity contribution is -0.143. The number of rotatable bonds is 8. The van der Waals surface area contributed by atoms with E-state index in [-0.39, 0.29) is 12.0 Å². The van der Waals surface area contributed by atoms with Gasteiger partial charge in [0.15, 0.2) is 0 Å². The van der Waals surface area contributed by atoms with Gasteiger partial charge in [-0.1, -0.05) is 26.7 Å². The van der Waals surface area contributed by atoms with E-state index in [0.29, 0.717) is 0 Å². The molecule has 1 saturated heterocycles. The standard InChI is InChI=1S/C15H30N2O2/c1-4-8-13-9-6-7-11-17(13)12-10-14(16-5-2)15(18)19-3/h13-14,16H,4-12H2,1-3H3. The third-order valence-corrected chi connectivity index (χ3v) is 4.01. The number of hydrogen-bond donors (Lipinski definition) is 1. The molecule has 0 saturated carbocycles. The van der Waals surface area contributed by atoms with E-state index in [4.69, 9.17) is 4.74 Å². The van der Waals surface area contributed by atoms with Crippen LogP contribution in [-0.4, -0.2) is 49.7 Å². The van der Waals surface area contributed by atoms with Gasteiger partial charge in [0.1, 0.15) is 6.04 Å². The summed E-state index contributed by atoms with van der Waals surface area (Å²) in [5.41, 5.74) is 0. The highest BCUT2D eigenvalue weighted by molar-refractivity contribution is 5.75. The van der Waals surface area contributed by atoms with Crippen LogP contribution in [0.4, 0.5) is 0 Å². The summed E-state index contributed by atoms with van der Waals surface area (Å²) in [6.45, 7) is 7.26. The van der Waals surface area contributed by atoms with Crippen LogP contribution in [0.15, 0.2) is 0 Å². The third kappa shape index (κ3) is 5.49. The van der Waals surface area contributed by atoms with Crippen molar-refractivity contribution in [3.63, 3.8) is 0 Å². The molecule has 0 aliphatic carbocycles. The average Bonchev–Trinajstić information content (AvgIpc) is 2.44. The zero-order valence-corrected chi connectivity index (χ0v) is 12.8. The van der Waals surface area contributed by atoms with Crippen molar-refractivity contribution >= 4 is 5.97 Å². The van der Waals surface area contributed by atoms with Crippen LogP contribution in [0.25, 0.3) is 0 Å². The van der Waals surface area contributed by atoms with Gasteiger partial charge in [0, 0.05) is 12.6 Å². The highest BCUT2D eigenvalue weighted by Crippen LogP contribution is 2.21. The Morgan fingerprint density at radius 3 is 2.84 bits per heavy atom. The summed E-state index contributed by atoms with van der Waals surface area (Å²) in [6.07, 6.45) is 7.34. The first-order valence-corrected chi connectivity index (χ1v) is 7.78. The summed E-state index contributed by atoms with van der Waals surface area (Å²) in [4.78, 5) is 14.2. The minimum absolute atomic E-state index is 0.133. The second-order valence-electron chi connectivity index (χ2n) is 5.40. The van der Waals surface area contributed by atoms with Gasteiger partial charge in [-0.25, -0.2) is 0 Å². The van der Waals surface area contributed by atoms with Gasteiger partial charge < -0.3 is 15.0 Å². The van der Waals surface area contributed by atoms with Crippen LogP contribution in [0.2, 0.25) is 0 Å². The monoisotopic (exact) mass is 270 g/mol. The fraction of sp³-hybridized carbons (Fsp3) is 0.933. The predicted octanol–water partition coefficient (Wildman–Crippen LogP) is 2.18. The maximum atomic E-state index is 11.7. The lowest BCUT2D eigenvalue weighted by atomic mass is 9.97. The number of piperidine rings is 1. The van der Waals surface area contributed by atoms with Gasteiger partial charge in [-0.3, -0.25) is 4.79 Å². The molecule has 112 valence electrons. The molecule has 0 spiro atoms. The average molecular weight is 270 g/mol. The van der Waals surface area contributed by atoms with Crippen LogP contribution in [0.3, 0.4) is 0 Å². The van der Waals surface area contributed by atoms with E-state index in [1.165, 1.54) is 45.8 Å². The molecule has 0 aromatic rings. The number of carbonyl (C=O) groups is 1. The van der Waals surface area contributed by atoms with E-state index in [0.717, 1.165) is 25.6 Å². The number of hydrogen-bond acceptors (Lipinski definition) is 4. The molecule has 0 amide bonds. The number of ether oxygens (including phenoxy) is 1. The minimum Gasteiger partial charge on any atom is -0.468 e. The summed E-state index contributed by atoms with van der Waals surface area (Å²) < 4.78 is 4.86. The van der Waals surface area contributed by atoms with E-state index in [2.05, 4.69) is 17.1 Å². The summed E-state index contributed by atoms with van der Waals surface area (Å²) >= 11 is 0. The first-order chi connectivity index (χ1) is 9.22. The number of carbonyl (C=O) groups excluding carboxylic acids is 1. The van der Waals surface area contributed by atoms with Crippen LogP contribution >= 0.6 is 0 Å². The van der Waals surface area contributed by atoms with Crippen molar-refractivity contribution in [1.82, 2.24) is 10.2 Å². The first kappa shape index (κ1) is 16.4. The minimum atomic E-state index is -0.154. The Hall–Kier alpha value is -0.610. The normalized spacial score (nSPS) is 22.2. The van der Waals surface area contributed by atoms with Crippen LogP contribution in [0.1, 0.15) is 52.4 Å². The highest BCUT2D eigenvalue weighted by Gasteiger charge is 2.24. The third-order valence-electron chi connectivity index (χ3n) is 4.01. The maximum Gasteiger partial charge on any atom is 0.322 e. The molecule has 0 radical (unpaired) electrons. The van der Waals surface area contributed by atoms with Crippen molar-refractivity contribution in [2.24, 2.45) is 0 Å². The molecule has 0 bridgehead atoms. The molecule has 19 heavy (non-hydrogen) atoms. The Bertz CT molecular complexity index is 257. The van der Waals surface area contributed by atoms with E-state index in [9.17, 15) is 4.79 Å². The van der Waals surface area contributed by atoms with E-state index in [1.54, 1.807) is 0 Å². The molecule has 1 aliphatic heterocycles. The second-order valence-corrected chi connectivity index (χ2v) is 5.40. The summed E-state index contributed by atoms with van der Waals surface area (Å²) in [7, 11) is 1.47. The summed E-state index contributed by atoms with van der Waals surface area (Å²) in [6, 6.07) is 0.567.